The Morgan fingerprint density at radius 2 is 1.83 bits per heavy atom. The molecule has 0 bridgehead atoms. The molecule has 12 heteroatoms. The first-order valence-electron chi connectivity index (χ1n) is 15.7. The highest BCUT2D eigenvalue weighted by Crippen LogP contribution is 2.35. The van der Waals surface area contributed by atoms with Crippen LogP contribution >= 0.6 is 11.8 Å². The van der Waals surface area contributed by atoms with Crippen LogP contribution in [0.2, 0.25) is 0 Å². The standard InChI is InChI=1S/C35H39F3N6O2S/c1-23(2)30-17-8-24(3)21-31(30)44-25(4)18-20-47-34(44)41-33(45)39-19-6-5-7-26-9-11-27(12-10-26)32-40-22-43(42-32)28-13-15-29(16-14-28)46-35(36,37)38/h8-17,21-23,25H,5-7,18-20H2,1-4H3,(H,39,45). The van der Waals surface area contributed by atoms with Gasteiger partial charge in [-0.15, -0.1) is 18.3 Å². The number of carbonyl (C=O) groups excluding carboxylic acids is 1. The molecule has 0 radical (unpaired) electrons. The van der Waals surface area contributed by atoms with Crippen molar-refractivity contribution in [2.75, 3.05) is 17.2 Å². The predicted octanol–water partition coefficient (Wildman–Crippen LogP) is 8.69. The van der Waals surface area contributed by atoms with Crippen LogP contribution in [-0.2, 0) is 6.42 Å². The van der Waals surface area contributed by atoms with Gasteiger partial charge in [-0.1, -0.05) is 62.0 Å². The Morgan fingerprint density at radius 3 is 2.53 bits per heavy atom. The number of carbonyl (C=O) groups is 1. The molecule has 1 aliphatic heterocycles. The van der Waals surface area contributed by atoms with E-state index in [1.165, 1.54) is 46.4 Å². The van der Waals surface area contributed by atoms with Crippen LogP contribution in [0.5, 0.6) is 5.75 Å². The van der Waals surface area contributed by atoms with Crippen LogP contribution in [0.4, 0.5) is 23.7 Å². The SMILES string of the molecule is Cc1ccc(C(C)C)c(N2C(=NC(=O)NCCCCc3ccc(-c4ncn(-c5ccc(OC(F)(F)F)cc5)n4)cc3)SCCC2C)c1. The van der Waals surface area contributed by atoms with Crippen molar-refractivity contribution >= 4 is 28.6 Å². The Kier molecular flexibility index (Phi) is 10.9. The van der Waals surface area contributed by atoms with E-state index in [2.05, 4.69) is 75.9 Å². The first kappa shape index (κ1) is 34.0. The van der Waals surface area contributed by atoms with Crippen LogP contribution in [-0.4, -0.2) is 50.7 Å². The van der Waals surface area contributed by atoms with Crippen molar-refractivity contribution in [2.24, 2.45) is 4.99 Å². The van der Waals surface area contributed by atoms with E-state index in [0.29, 0.717) is 24.0 Å². The van der Waals surface area contributed by atoms with Crippen LogP contribution in [0.15, 0.2) is 78.0 Å². The number of unbranched alkanes of at least 4 members (excludes halogenated alkanes) is 1. The van der Waals surface area contributed by atoms with Crippen LogP contribution in [0.25, 0.3) is 17.1 Å². The molecule has 1 fully saturated rings. The zero-order valence-electron chi connectivity index (χ0n) is 26.9. The third-order valence-electron chi connectivity index (χ3n) is 7.89. The van der Waals surface area contributed by atoms with Gasteiger partial charge in [-0.05, 0) is 92.5 Å². The van der Waals surface area contributed by atoms with E-state index in [0.717, 1.165) is 53.4 Å². The van der Waals surface area contributed by atoms with Gasteiger partial charge < -0.3 is 15.0 Å². The third kappa shape index (κ3) is 9.15. The molecule has 4 aromatic rings. The average molecular weight is 665 g/mol. The van der Waals surface area contributed by atoms with E-state index < -0.39 is 6.36 Å². The van der Waals surface area contributed by atoms with Gasteiger partial charge in [-0.25, -0.2) is 14.5 Å². The first-order chi connectivity index (χ1) is 22.5. The van der Waals surface area contributed by atoms with Gasteiger partial charge in [0.15, 0.2) is 11.0 Å². The first-order valence-corrected chi connectivity index (χ1v) is 16.7. The normalized spacial score (nSPS) is 16.1. The number of benzene rings is 3. The number of nitrogens with zero attached hydrogens (tertiary/aromatic N) is 5. The van der Waals surface area contributed by atoms with Crippen molar-refractivity contribution in [3.05, 3.63) is 89.7 Å². The number of hydrogen-bond acceptors (Lipinski definition) is 5. The zero-order valence-corrected chi connectivity index (χ0v) is 27.7. The van der Waals surface area contributed by atoms with Crippen molar-refractivity contribution in [2.45, 2.75) is 71.7 Å². The number of amides is 2. The van der Waals surface area contributed by atoms with Gasteiger partial charge >= 0.3 is 12.4 Å². The summed E-state index contributed by atoms with van der Waals surface area (Å²) in [6, 6.07) is 19.8. The van der Waals surface area contributed by atoms with Crippen LogP contribution < -0.4 is 15.0 Å². The predicted molar refractivity (Wildman–Crippen MR) is 182 cm³/mol. The number of urea groups is 1. The van der Waals surface area contributed by atoms with Gasteiger partial charge in [0.2, 0.25) is 0 Å². The number of halogens is 3. The molecule has 47 heavy (non-hydrogen) atoms. The van der Waals surface area contributed by atoms with Crippen LogP contribution in [0.3, 0.4) is 0 Å². The molecule has 2 heterocycles. The maximum atomic E-state index is 12.8. The summed E-state index contributed by atoms with van der Waals surface area (Å²) in [5, 5.41) is 8.18. The highest BCUT2D eigenvalue weighted by atomic mass is 32.2. The Hall–Kier alpha value is -4.32. The van der Waals surface area contributed by atoms with Crippen molar-refractivity contribution in [1.82, 2.24) is 20.1 Å². The van der Waals surface area contributed by atoms with Gasteiger partial charge in [0.05, 0.1) is 5.69 Å². The highest BCUT2D eigenvalue weighted by Gasteiger charge is 2.31. The third-order valence-corrected chi connectivity index (χ3v) is 8.87. The Balaban J connectivity index is 1.10. The number of ether oxygens (including phenoxy) is 1. The molecule has 0 saturated carbocycles. The number of thioether (sulfide) groups is 1. The van der Waals surface area contributed by atoms with Crippen molar-refractivity contribution in [1.29, 1.82) is 0 Å². The Labute approximate surface area is 277 Å². The summed E-state index contributed by atoms with van der Waals surface area (Å²) in [5.74, 6) is 1.49. The monoisotopic (exact) mass is 664 g/mol. The maximum Gasteiger partial charge on any atom is 0.573 e. The lowest BCUT2D eigenvalue weighted by Gasteiger charge is -2.37. The number of alkyl halides is 3. The summed E-state index contributed by atoms with van der Waals surface area (Å²) >= 11 is 1.63. The topological polar surface area (TPSA) is 84.6 Å². The second kappa shape index (κ2) is 15.1. The summed E-state index contributed by atoms with van der Waals surface area (Å²) in [6.07, 6.45) is 0.369. The van der Waals surface area contributed by atoms with Crippen LogP contribution in [0, 0.1) is 6.92 Å². The average Bonchev–Trinajstić information content (AvgIpc) is 3.51. The van der Waals surface area contributed by atoms with E-state index in [4.69, 9.17) is 0 Å². The van der Waals surface area contributed by atoms with Crippen molar-refractivity contribution in [3.8, 4) is 22.8 Å². The number of rotatable bonds is 10. The summed E-state index contributed by atoms with van der Waals surface area (Å²) in [4.78, 5) is 23.9. The number of hydrogen-bond donors (Lipinski definition) is 1. The van der Waals surface area contributed by atoms with E-state index in [1.54, 1.807) is 11.8 Å². The molecule has 1 atom stereocenters. The van der Waals surface area contributed by atoms with Gasteiger partial charge in [0.1, 0.15) is 12.1 Å². The molecule has 5 rings (SSSR count). The van der Waals surface area contributed by atoms with Crippen molar-refractivity contribution < 1.29 is 22.7 Å². The van der Waals surface area contributed by atoms with Gasteiger partial charge in [0, 0.05) is 29.6 Å². The fourth-order valence-corrected chi connectivity index (χ4v) is 6.61. The minimum atomic E-state index is -4.74. The molecule has 0 spiro atoms. The molecule has 3 aromatic carbocycles. The second-order valence-corrected chi connectivity index (χ2v) is 13.0. The molecule has 8 nitrogen and oxygen atoms in total. The molecule has 2 amide bonds. The number of anilines is 1. The molecule has 1 aliphatic rings. The lowest BCUT2D eigenvalue weighted by Crippen LogP contribution is -2.42. The van der Waals surface area contributed by atoms with Crippen molar-refractivity contribution in [3.63, 3.8) is 0 Å². The van der Waals surface area contributed by atoms with E-state index >= 15 is 0 Å². The molecule has 0 aliphatic carbocycles. The van der Waals surface area contributed by atoms with E-state index in [9.17, 15) is 18.0 Å². The number of amidine groups is 1. The molecular formula is C35H39F3N6O2S. The fraction of sp³-hybridized carbons (Fsp3) is 0.371. The highest BCUT2D eigenvalue weighted by molar-refractivity contribution is 8.14. The molecular weight excluding hydrogens is 625 g/mol. The lowest BCUT2D eigenvalue weighted by atomic mass is 9.98. The number of aliphatic imine (C=N–C) groups is 1. The Bertz CT molecular complexity index is 1690. The summed E-state index contributed by atoms with van der Waals surface area (Å²) in [6.45, 7) is 9.20. The van der Waals surface area contributed by atoms with Gasteiger partial charge in [-0.2, -0.15) is 4.99 Å². The molecule has 1 aromatic heterocycles. The molecule has 1 unspecified atom stereocenters. The Morgan fingerprint density at radius 1 is 1.09 bits per heavy atom. The molecule has 1 saturated heterocycles. The molecule has 248 valence electrons. The van der Waals surface area contributed by atoms with Gasteiger partial charge in [-0.3, -0.25) is 0 Å². The minimum absolute atomic E-state index is 0.252. The second-order valence-electron chi connectivity index (χ2n) is 11.9. The number of aromatic nitrogens is 3. The smallest absolute Gasteiger partial charge is 0.406 e. The number of aryl methyl sites for hydroxylation is 2. The molecule has 1 N–H and O–H groups in total. The van der Waals surface area contributed by atoms with Crippen LogP contribution in [0.1, 0.15) is 62.6 Å². The summed E-state index contributed by atoms with van der Waals surface area (Å²) in [5.41, 5.74) is 6.11. The van der Waals surface area contributed by atoms with E-state index in [1.807, 2.05) is 24.3 Å². The fourth-order valence-electron chi connectivity index (χ4n) is 5.40. The number of nitrogens with one attached hydrogen (secondary N) is 1. The summed E-state index contributed by atoms with van der Waals surface area (Å²) in [7, 11) is 0. The lowest BCUT2D eigenvalue weighted by molar-refractivity contribution is -0.274. The van der Waals surface area contributed by atoms with Gasteiger partial charge in [0.25, 0.3) is 0 Å². The minimum Gasteiger partial charge on any atom is -0.406 e. The maximum absolute atomic E-state index is 12.8. The quantitative estimate of drug-likeness (QED) is 0.171. The largest absolute Gasteiger partial charge is 0.573 e. The van der Waals surface area contributed by atoms with E-state index in [-0.39, 0.29) is 17.8 Å². The summed E-state index contributed by atoms with van der Waals surface area (Å²) < 4.78 is 42.7. The zero-order chi connectivity index (χ0) is 33.6.